The van der Waals surface area contributed by atoms with Crippen LogP contribution < -0.4 is 0 Å². The summed E-state index contributed by atoms with van der Waals surface area (Å²) >= 11 is 0. The average Bonchev–Trinajstić information content (AvgIpc) is 3.64. The molecule has 2 heteroatoms. The van der Waals surface area contributed by atoms with E-state index in [0.29, 0.717) is 0 Å². The third kappa shape index (κ3) is 4.21. The normalized spacial score (nSPS) is 15.4. The largest absolute Gasteiger partial charge is 0.309 e. The second-order valence-electron chi connectivity index (χ2n) is 15.7. The van der Waals surface area contributed by atoms with Gasteiger partial charge in [-0.1, -0.05) is 119 Å². The van der Waals surface area contributed by atoms with Crippen molar-refractivity contribution in [1.29, 1.82) is 0 Å². The van der Waals surface area contributed by atoms with E-state index in [0.717, 1.165) is 0 Å². The summed E-state index contributed by atoms with van der Waals surface area (Å²) in [7, 11) is 0. The van der Waals surface area contributed by atoms with Crippen molar-refractivity contribution in [2.24, 2.45) is 0 Å². The molecule has 7 aromatic carbocycles. The maximum atomic E-state index is 2.56. The lowest BCUT2D eigenvalue weighted by atomic mass is 9.63. The summed E-state index contributed by atoms with van der Waals surface area (Å²) in [6.45, 7) is 9.73. The molecular formula is C48H40N2. The minimum atomic E-state index is 0.122. The second-order valence-corrected chi connectivity index (χ2v) is 15.7. The molecule has 2 nitrogen and oxygen atoms in total. The van der Waals surface area contributed by atoms with E-state index in [1.165, 1.54) is 101 Å². The van der Waals surface area contributed by atoms with Gasteiger partial charge in [-0.25, -0.2) is 0 Å². The van der Waals surface area contributed by atoms with Crippen molar-refractivity contribution in [3.05, 3.63) is 157 Å². The van der Waals surface area contributed by atoms with Gasteiger partial charge in [0.1, 0.15) is 0 Å². The van der Waals surface area contributed by atoms with E-state index in [4.69, 9.17) is 0 Å². The topological polar surface area (TPSA) is 9.86 Å². The first-order valence-corrected chi connectivity index (χ1v) is 18.0. The van der Waals surface area contributed by atoms with Crippen LogP contribution in [0, 0.1) is 0 Å². The number of hydrogen-bond acceptors (Lipinski definition) is 0. The van der Waals surface area contributed by atoms with Gasteiger partial charge in [-0.15, -0.1) is 0 Å². The van der Waals surface area contributed by atoms with Gasteiger partial charge in [-0.05, 0) is 111 Å². The second kappa shape index (κ2) is 10.5. The molecule has 50 heavy (non-hydrogen) atoms. The van der Waals surface area contributed by atoms with Crippen molar-refractivity contribution >= 4 is 54.4 Å². The predicted octanol–water partition coefficient (Wildman–Crippen LogP) is 13.0. The Balaban J connectivity index is 1.38. The first kappa shape index (κ1) is 29.3. The van der Waals surface area contributed by atoms with Crippen LogP contribution in [0.3, 0.4) is 0 Å². The Hall–Kier alpha value is -5.60. The summed E-state index contributed by atoms with van der Waals surface area (Å²) in [5.74, 6) is 0. The zero-order valence-corrected chi connectivity index (χ0v) is 29.2. The van der Waals surface area contributed by atoms with Crippen LogP contribution in [0.2, 0.25) is 0 Å². The molecule has 0 spiro atoms. The maximum Gasteiger partial charge on any atom is 0.0562 e. The maximum absolute atomic E-state index is 2.56. The van der Waals surface area contributed by atoms with Crippen molar-refractivity contribution < 1.29 is 0 Å². The van der Waals surface area contributed by atoms with E-state index in [1.807, 2.05) is 0 Å². The van der Waals surface area contributed by atoms with Crippen LogP contribution in [0.25, 0.3) is 76.9 Å². The standard InChI is InChI=1S/C48H40N2/c1-47(2)24-25-48(3,4)41-29-43-38(28-40(41)47)37-27-39-45(30-44(37)49(43)34-18-9-6-10-19-34)50(42-23-22-32-16-11-12-21-36(32)46(39)42)35-20-13-17-33(26-35)31-14-7-5-8-15-31/h5-23,26-30H,24-25H2,1-4H3. The molecule has 0 atom stereocenters. The lowest BCUT2D eigenvalue weighted by molar-refractivity contribution is 0.332. The van der Waals surface area contributed by atoms with Crippen molar-refractivity contribution in [2.45, 2.75) is 51.4 Å². The number of hydrogen-bond donors (Lipinski definition) is 0. The molecule has 0 bridgehead atoms. The van der Waals surface area contributed by atoms with Gasteiger partial charge in [-0.3, -0.25) is 0 Å². The third-order valence-corrected chi connectivity index (χ3v) is 11.7. The first-order chi connectivity index (χ1) is 24.3. The number of para-hydroxylation sites is 1. The first-order valence-electron chi connectivity index (χ1n) is 18.0. The lowest BCUT2D eigenvalue weighted by Gasteiger charge is -2.42. The van der Waals surface area contributed by atoms with E-state index in [9.17, 15) is 0 Å². The Morgan fingerprint density at radius 2 is 0.980 bits per heavy atom. The van der Waals surface area contributed by atoms with Crippen LogP contribution >= 0.6 is 0 Å². The Morgan fingerprint density at radius 1 is 0.400 bits per heavy atom. The number of nitrogens with zero attached hydrogens (tertiary/aromatic N) is 2. The molecule has 9 aromatic rings. The monoisotopic (exact) mass is 644 g/mol. The molecule has 0 saturated heterocycles. The summed E-state index contributed by atoms with van der Waals surface area (Å²) in [5.41, 5.74) is 13.0. The number of rotatable bonds is 3. The molecule has 0 saturated carbocycles. The summed E-state index contributed by atoms with van der Waals surface area (Å²) in [5, 5.41) is 7.80. The SMILES string of the molecule is CC1(C)CCC(C)(C)c2cc3c(cc21)c1cc2c4c5ccccc5ccc4n(-c4cccc(-c5ccccc5)c4)c2cc1n3-c1ccccc1. The molecule has 2 heterocycles. The van der Waals surface area contributed by atoms with Crippen molar-refractivity contribution in [1.82, 2.24) is 9.13 Å². The quantitative estimate of drug-likeness (QED) is 0.181. The summed E-state index contributed by atoms with van der Waals surface area (Å²) in [6.07, 6.45) is 2.39. The molecule has 0 N–H and O–H groups in total. The fraction of sp³-hybridized carbons (Fsp3) is 0.167. The van der Waals surface area contributed by atoms with E-state index >= 15 is 0 Å². The predicted molar refractivity (Wildman–Crippen MR) is 213 cm³/mol. The van der Waals surface area contributed by atoms with E-state index in [2.05, 4.69) is 182 Å². The van der Waals surface area contributed by atoms with E-state index < -0.39 is 0 Å². The van der Waals surface area contributed by atoms with Crippen LogP contribution in [-0.2, 0) is 10.8 Å². The lowest BCUT2D eigenvalue weighted by Crippen LogP contribution is -2.33. The summed E-state index contributed by atoms with van der Waals surface area (Å²) in [6, 6.07) is 54.2. The molecule has 0 amide bonds. The average molecular weight is 645 g/mol. The van der Waals surface area contributed by atoms with Crippen molar-refractivity contribution in [2.75, 3.05) is 0 Å². The highest BCUT2D eigenvalue weighted by Gasteiger charge is 2.38. The van der Waals surface area contributed by atoms with Crippen LogP contribution in [0.15, 0.2) is 146 Å². The summed E-state index contributed by atoms with van der Waals surface area (Å²) < 4.78 is 5.01. The van der Waals surface area contributed by atoms with Gasteiger partial charge in [-0.2, -0.15) is 0 Å². The van der Waals surface area contributed by atoms with Gasteiger partial charge >= 0.3 is 0 Å². The van der Waals surface area contributed by atoms with Crippen molar-refractivity contribution in [3.8, 4) is 22.5 Å². The Labute approximate surface area is 293 Å². The highest BCUT2D eigenvalue weighted by Crippen LogP contribution is 2.49. The number of fused-ring (bicyclic) bond motifs is 9. The summed E-state index contributed by atoms with van der Waals surface area (Å²) in [4.78, 5) is 0. The minimum absolute atomic E-state index is 0.122. The fourth-order valence-electron chi connectivity index (χ4n) is 8.94. The van der Waals surface area contributed by atoms with Gasteiger partial charge in [0.05, 0.1) is 22.1 Å². The van der Waals surface area contributed by atoms with Gasteiger partial charge in [0.2, 0.25) is 0 Å². The zero-order valence-electron chi connectivity index (χ0n) is 29.2. The molecule has 0 aliphatic heterocycles. The molecule has 1 aliphatic rings. The van der Waals surface area contributed by atoms with Crippen LogP contribution in [0.4, 0.5) is 0 Å². The molecular weight excluding hydrogens is 605 g/mol. The van der Waals surface area contributed by atoms with Crippen LogP contribution in [-0.4, -0.2) is 9.13 Å². The molecule has 2 aromatic heterocycles. The molecule has 1 aliphatic carbocycles. The Bertz CT molecular complexity index is 2790. The zero-order chi connectivity index (χ0) is 33.8. The van der Waals surface area contributed by atoms with Gasteiger partial charge in [0, 0.05) is 32.9 Å². The van der Waals surface area contributed by atoms with Crippen LogP contribution in [0.5, 0.6) is 0 Å². The minimum Gasteiger partial charge on any atom is -0.309 e. The molecule has 0 radical (unpaired) electrons. The van der Waals surface area contributed by atoms with Gasteiger partial charge in [0.25, 0.3) is 0 Å². The number of aromatic nitrogens is 2. The Morgan fingerprint density at radius 3 is 1.76 bits per heavy atom. The highest BCUT2D eigenvalue weighted by atomic mass is 15.0. The molecule has 0 fully saturated rings. The molecule has 0 unspecified atom stereocenters. The number of benzene rings is 7. The molecule has 10 rings (SSSR count). The third-order valence-electron chi connectivity index (χ3n) is 11.7. The highest BCUT2D eigenvalue weighted by molar-refractivity contribution is 6.25. The van der Waals surface area contributed by atoms with Gasteiger partial charge < -0.3 is 9.13 Å². The van der Waals surface area contributed by atoms with E-state index in [1.54, 1.807) is 0 Å². The van der Waals surface area contributed by atoms with Gasteiger partial charge in [0.15, 0.2) is 0 Å². The van der Waals surface area contributed by atoms with E-state index in [-0.39, 0.29) is 10.8 Å². The van der Waals surface area contributed by atoms with Crippen molar-refractivity contribution in [3.63, 3.8) is 0 Å². The van der Waals surface area contributed by atoms with Crippen LogP contribution in [0.1, 0.15) is 51.7 Å². The molecule has 242 valence electrons. The smallest absolute Gasteiger partial charge is 0.0562 e. The Kier molecular flexibility index (Phi) is 6.13. The fourth-order valence-corrected chi connectivity index (χ4v) is 8.94.